The minimum atomic E-state index is -2.69. The molecule has 0 spiro atoms. The third-order valence-corrected chi connectivity index (χ3v) is 7.85. The van der Waals surface area contributed by atoms with Crippen molar-refractivity contribution in [3.63, 3.8) is 0 Å². The number of allylic oxidation sites excluding steroid dienone is 1. The molecular weight excluding hydrogens is 805 g/mol. The summed E-state index contributed by atoms with van der Waals surface area (Å²) in [5.41, 5.74) is 11.9. The van der Waals surface area contributed by atoms with Crippen LogP contribution in [0, 0.1) is 12.8 Å². The zero-order valence-corrected chi connectivity index (χ0v) is 29.6. The second-order valence-electron chi connectivity index (χ2n) is 11.8. The molecule has 0 amide bonds. The zero-order chi connectivity index (χ0) is 35.0. The number of hydrogen-bond donors (Lipinski definition) is 0. The molecule has 12 atom stereocenters. The van der Waals surface area contributed by atoms with Crippen LogP contribution >= 0.6 is 0 Å². The van der Waals surface area contributed by atoms with Crippen LogP contribution in [0.2, 0.25) is 0 Å². The molecule has 4 nitrogen and oxygen atoms in total. The summed E-state index contributed by atoms with van der Waals surface area (Å²) in [4.78, 5) is 0. The first-order chi connectivity index (χ1) is 22.1. The molecule has 1 saturated heterocycles. The molecule has 3 fully saturated rings. The van der Waals surface area contributed by atoms with Crippen molar-refractivity contribution in [2.75, 3.05) is 0 Å². The van der Waals surface area contributed by atoms with Gasteiger partial charge in [0, 0.05) is 74.4 Å². The SMILES string of the molecule is CC1=CC(C)N(C([c-]2cccc2)N2[N-]C(C)CC2C)[N-]1.FC1[CH-]C(F)C(F)C(F)C1F.FC1[CH-]C(F)C(F)C(F)C1F.[Fe].[Pd].[cH-]1[cH-][cH-][cH-][cH-]1. The molecule has 2 heterocycles. The molecule has 2 aliphatic heterocycles. The first-order valence-electron chi connectivity index (χ1n) is 15.3. The molecule has 2 aliphatic carbocycles. The molecule has 0 N–H and O–H groups in total. The number of hydrogen-bond acceptors (Lipinski definition) is 2. The van der Waals surface area contributed by atoms with E-state index < -0.39 is 61.7 Å². The van der Waals surface area contributed by atoms with Gasteiger partial charge in [-0.15, -0.1) is 11.6 Å². The summed E-state index contributed by atoms with van der Waals surface area (Å²) >= 11 is 0. The Morgan fingerprint density at radius 1 is 0.673 bits per heavy atom. The molecule has 2 aromatic carbocycles. The van der Waals surface area contributed by atoms with E-state index in [-0.39, 0.29) is 56.5 Å². The average molecular weight is 845 g/mol. The van der Waals surface area contributed by atoms with E-state index in [4.69, 9.17) is 10.9 Å². The molecule has 2 saturated carbocycles. The Bertz CT molecular complexity index is 1110. The van der Waals surface area contributed by atoms with Crippen LogP contribution in [0.15, 0.2) is 66.4 Å². The van der Waals surface area contributed by atoms with E-state index in [0.29, 0.717) is 18.1 Å². The van der Waals surface area contributed by atoms with E-state index >= 15 is 0 Å². The minimum Gasteiger partial charge on any atom is -0.748 e. The van der Waals surface area contributed by atoms with Gasteiger partial charge in [0.2, 0.25) is 0 Å². The average Bonchev–Trinajstić information content (AvgIpc) is 3.86. The molecule has 4 aliphatic rings. The fraction of sp³-hybridized carbons (Fsp3) is 0.576. The molecule has 0 radical (unpaired) electrons. The van der Waals surface area contributed by atoms with Crippen molar-refractivity contribution < 1.29 is 81.4 Å². The Kier molecular flexibility index (Phi) is 19.7. The monoisotopic (exact) mass is 844 g/mol. The van der Waals surface area contributed by atoms with E-state index in [1.807, 2.05) is 30.3 Å². The predicted molar refractivity (Wildman–Crippen MR) is 162 cm³/mol. The predicted octanol–water partition coefficient (Wildman–Crippen LogP) is 9.26. The maximum Gasteiger partial charge on any atom is 0.162 e. The van der Waals surface area contributed by atoms with Crippen molar-refractivity contribution in [1.29, 1.82) is 0 Å². The van der Waals surface area contributed by atoms with Crippen LogP contribution in [0.1, 0.15) is 45.8 Å². The second kappa shape index (κ2) is 21.2. The first kappa shape index (κ1) is 45.6. The largest absolute Gasteiger partial charge is 0.748 e. The van der Waals surface area contributed by atoms with Gasteiger partial charge in [0.1, 0.15) is 24.7 Å². The van der Waals surface area contributed by atoms with Gasteiger partial charge >= 0.3 is 0 Å². The Morgan fingerprint density at radius 2 is 1.06 bits per heavy atom. The van der Waals surface area contributed by atoms with E-state index in [9.17, 15) is 43.9 Å². The number of alkyl halides is 10. The van der Waals surface area contributed by atoms with E-state index in [1.165, 1.54) is 5.56 Å². The molecule has 290 valence electrons. The molecular formula is C33H40F10FeN4Pd-10. The van der Waals surface area contributed by atoms with Crippen molar-refractivity contribution in [3.8, 4) is 0 Å². The van der Waals surface area contributed by atoms with Crippen molar-refractivity contribution >= 4 is 0 Å². The van der Waals surface area contributed by atoms with E-state index in [2.05, 4.69) is 68.1 Å². The summed E-state index contributed by atoms with van der Waals surface area (Å²) in [6.45, 7) is 8.70. The summed E-state index contributed by atoms with van der Waals surface area (Å²) in [5, 5.41) is 4.43. The summed E-state index contributed by atoms with van der Waals surface area (Å²) in [6, 6.07) is 19.7. The van der Waals surface area contributed by atoms with Gasteiger partial charge in [0.15, 0.2) is 12.3 Å². The maximum absolute atomic E-state index is 12.2. The van der Waals surface area contributed by atoms with Gasteiger partial charge < -0.3 is 51.2 Å². The Hall–Kier alpha value is -1.40. The zero-order valence-electron chi connectivity index (χ0n) is 27.0. The van der Waals surface area contributed by atoms with Crippen LogP contribution in [0.5, 0.6) is 0 Å². The second-order valence-corrected chi connectivity index (χ2v) is 11.8. The number of halogens is 10. The quantitative estimate of drug-likeness (QED) is 0.176. The smallest absolute Gasteiger partial charge is 0.162 e. The Balaban J connectivity index is 0.000000356. The third kappa shape index (κ3) is 12.4. The van der Waals surface area contributed by atoms with Gasteiger partial charge in [0.25, 0.3) is 0 Å². The van der Waals surface area contributed by atoms with Gasteiger partial charge in [-0.2, -0.15) is 17.8 Å². The van der Waals surface area contributed by atoms with Gasteiger partial charge in [0.05, 0.1) is 0 Å². The van der Waals surface area contributed by atoms with Crippen LogP contribution in [0.4, 0.5) is 43.9 Å². The fourth-order valence-electron chi connectivity index (χ4n) is 5.44. The molecule has 0 bridgehead atoms. The first-order valence-corrected chi connectivity index (χ1v) is 15.3. The third-order valence-electron chi connectivity index (χ3n) is 7.85. The van der Waals surface area contributed by atoms with Crippen LogP contribution in [-0.2, 0) is 37.5 Å². The Labute approximate surface area is 306 Å². The van der Waals surface area contributed by atoms with E-state index in [0.717, 1.165) is 12.1 Å². The van der Waals surface area contributed by atoms with Gasteiger partial charge in [-0.05, 0) is 13.0 Å². The van der Waals surface area contributed by atoms with Crippen molar-refractivity contribution in [2.45, 2.75) is 120 Å². The summed E-state index contributed by atoms with van der Waals surface area (Å²) in [5.74, 6) is 0. The van der Waals surface area contributed by atoms with Gasteiger partial charge in [-0.25, -0.2) is 38.5 Å². The molecule has 6 rings (SSSR count). The molecule has 2 aromatic rings. The van der Waals surface area contributed by atoms with Crippen LogP contribution in [-0.4, -0.2) is 89.9 Å². The summed E-state index contributed by atoms with van der Waals surface area (Å²) in [6.07, 6.45) is -21.2. The number of nitrogens with zero attached hydrogens (tertiary/aromatic N) is 4. The van der Waals surface area contributed by atoms with Gasteiger partial charge in [-0.3, -0.25) is 30.4 Å². The Morgan fingerprint density at radius 3 is 1.37 bits per heavy atom. The molecule has 16 heteroatoms. The topological polar surface area (TPSA) is 34.7 Å². The van der Waals surface area contributed by atoms with Crippen molar-refractivity contribution in [2.24, 2.45) is 0 Å². The van der Waals surface area contributed by atoms with Crippen LogP contribution in [0.25, 0.3) is 10.9 Å². The molecule has 49 heavy (non-hydrogen) atoms. The molecule has 0 aromatic heterocycles. The standard InChI is InChI=1S/C16H23N4.2C6H6F5.C5H5.Fe.Pd/c1-11-9-13(3)19(17-11)16(15-7-5-6-8-15)20-14(4)10-12(2)18-20;2*7-2-1-3(8)5(10)6(11)4(2)9;1-2-4-5-3-1;;/h5-9,12-14,16H,10H2,1-4H3;2*1-6H;1-5H;;/q-3;2*-1;-5;;. The van der Waals surface area contributed by atoms with Crippen LogP contribution < -0.4 is 0 Å². The van der Waals surface area contributed by atoms with Crippen molar-refractivity contribution in [3.05, 3.63) is 95.6 Å². The van der Waals surface area contributed by atoms with Gasteiger partial charge in [-0.1, -0.05) is 33.3 Å². The normalized spacial score (nSPS) is 38.0. The fourth-order valence-corrected chi connectivity index (χ4v) is 5.44. The van der Waals surface area contributed by atoms with Crippen LogP contribution in [0.3, 0.4) is 0 Å². The minimum absolute atomic E-state index is 0. The summed E-state index contributed by atoms with van der Waals surface area (Å²) < 4.78 is 122. The molecule has 12 unspecified atom stereocenters. The van der Waals surface area contributed by atoms with E-state index in [1.54, 1.807) is 0 Å². The van der Waals surface area contributed by atoms with Crippen molar-refractivity contribution in [1.82, 2.24) is 10.0 Å². The maximum atomic E-state index is 12.2. The summed E-state index contributed by atoms with van der Waals surface area (Å²) in [7, 11) is 0. The number of rotatable bonds is 3.